The summed E-state index contributed by atoms with van der Waals surface area (Å²) in [5, 5.41) is 2.90. The van der Waals surface area contributed by atoms with Crippen LogP contribution < -0.4 is 14.8 Å². The van der Waals surface area contributed by atoms with E-state index in [0.717, 1.165) is 22.3 Å². The van der Waals surface area contributed by atoms with Gasteiger partial charge in [0.1, 0.15) is 17.5 Å². The third-order valence-corrected chi connectivity index (χ3v) is 5.79. The van der Waals surface area contributed by atoms with E-state index in [1.807, 2.05) is 93.6 Å². The summed E-state index contributed by atoms with van der Waals surface area (Å²) in [6, 6.07) is 22.4. The molecule has 0 aliphatic heterocycles. The number of ether oxygens (including phenoxy) is 2. The number of carbonyl (C=O) groups excluding carboxylic acids is 2. The Bertz CT molecular complexity index is 1130. The molecule has 0 heterocycles. The SMILES string of the molecule is CCNC(=O)C(Cc1ccccc1)N(Cc1cccc(OC)c1)C(=O)COc1ccc(C)cc1C. The van der Waals surface area contributed by atoms with Crippen LogP contribution in [0.5, 0.6) is 11.5 Å². The van der Waals surface area contributed by atoms with Gasteiger partial charge in [-0.25, -0.2) is 0 Å². The van der Waals surface area contributed by atoms with Crippen molar-refractivity contribution >= 4 is 11.8 Å². The molecule has 0 fully saturated rings. The summed E-state index contributed by atoms with van der Waals surface area (Å²) in [7, 11) is 1.60. The third-order valence-electron chi connectivity index (χ3n) is 5.79. The fraction of sp³-hybridized carbons (Fsp3) is 0.310. The van der Waals surface area contributed by atoms with Gasteiger partial charge in [0.05, 0.1) is 7.11 Å². The molecule has 184 valence electrons. The number of nitrogens with zero attached hydrogens (tertiary/aromatic N) is 1. The maximum absolute atomic E-state index is 13.6. The van der Waals surface area contributed by atoms with E-state index >= 15 is 0 Å². The van der Waals surface area contributed by atoms with Gasteiger partial charge in [-0.3, -0.25) is 9.59 Å². The average molecular weight is 475 g/mol. The van der Waals surface area contributed by atoms with Crippen molar-refractivity contribution in [1.29, 1.82) is 0 Å². The van der Waals surface area contributed by atoms with E-state index in [1.54, 1.807) is 12.0 Å². The van der Waals surface area contributed by atoms with Gasteiger partial charge in [0.15, 0.2) is 6.61 Å². The lowest BCUT2D eigenvalue weighted by Crippen LogP contribution is -2.51. The molecule has 3 aromatic carbocycles. The van der Waals surface area contributed by atoms with Gasteiger partial charge in [0.2, 0.25) is 5.91 Å². The highest BCUT2D eigenvalue weighted by Gasteiger charge is 2.30. The normalized spacial score (nSPS) is 11.4. The monoisotopic (exact) mass is 474 g/mol. The molecule has 0 radical (unpaired) electrons. The zero-order valence-electron chi connectivity index (χ0n) is 20.9. The average Bonchev–Trinajstić information content (AvgIpc) is 2.86. The first-order chi connectivity index (χ1) is 16.9. The molecular weight excluding hydrogens is 440 g/mol. The zero-order chi connectivity index (χ0) is 25.2. The van der Waals surface area contributed by atoms with Crippen molar-refractivity contribution in [1.82, 2.24) is 10.2 Å². The Morgan fingerprint density at radius 2 is 1.69 bits per heavy atom. The summed E-state index contributed by atoms with van der Waals surface area (Å²) < 4.78 is 11.3. The van der Waals surface area contributed by atoms with Crippen molar-refractivity contribution < 1.29 is 19.1 Å². The van der Waals surface area contributed by atoms with E-state index in [2.05, 4.69) is 5.32 Å². The maximum Gasteiger partial charge on any atom is 0.261 e. The van der Waals surface area contributed by atoms with E-state index in [-0.39, 0.29) is 25.0 Å². The van der Waals surface area contributed by atoms with Crippen molar-refractivity contribution in [3.63, 3.8) is 0 Å². The fourth-order valence-corrected chi connectivity index (χ4v) is 4.00. The molecule has 0 aliphatic rings. The van der Waals surface area contributed by atoms with Gasteiger partial charge < -0.3 is 19.7 Å². The molecule has 0 saturated carbocycles. The first-order valence-corrected chi connectivity index (χ1v) is 11.8. The lowest BCUT2D eigenvalue weighted by molar-refractivity contribution is -0.142. The quantitative estimate of drug-likeness (QED) is 0.445. The number of likely N-dealkylation sites (N-methyl/N-ethyl adjacent to an activating group) is 1. The summed E-state index contributed by atoms with van der Waals surface area (Å²) >= 11 is 0. The lowest BCUT2D eigenvalue weighted by Gasteiger charge is -2.31. The molecule has 0 saturated heterocycles. The second kappa shape index (κ2) is 12.6. The molecule has 1 unspecified atom stereocenters. The van der Waals surface area contributed by atoms with Crippen molar-refractivity contribution in [2.75, 3.05) is 20.3 Å². The van der Waals surface area contributed by atoms with Gasteiger partial charge in [-0.15, -0.1) is 0 Å². The Morgan fingerprint density at radius 3 is 2.37 bits per heavy atom. The molecule has 3 rings (SSSR count). The molecule has 2 amide bonds. The van der Waals surface area contributed by atoms with E-state index in [4.69, 9.17) is 9.47 Å². The molecule has 6 heteroatoms. The maximum atomic E-state index is 13.6. The Kier molecular flexibility index (Phi) is 9.30. The summed E-state index contributed by atoms with van der Waals surface area (Å²) in [5.41, 5.74) is 3.93. The molecule has 0 spiro atoms. The number of amides is 2. The van der Waals surface area contributed by atoms with Crippen LogP contribution in [0, 0.1) is 13.8 Å². The molecule has 3 aromatic rings. The predicted molar refractivity (Wildman–Crippen MR) is 138 cm³/mol. The Labute approximate surface area is 207 Å². The molecule has 6 nitrogen and oxygen atoms in total. The number of aryl methyl sites for hydroxylation is 2. The topological polar surface area (TPSA) is 67.9 Å². The van der Waals surface area contributed by atoms with Crippen LogP contribution in [0.25, 0.3) is 0 Å². The Balaban J connectivity index is 1.91. The zero-order valence-corrected chi connectivity index (χ0v) is 20.9. The van der Waals surface area contributed by atoms with Crippen LogP contribution in [-0.4, -0.2) is 43.0 Å². The number of nitrogens with one attached hydrogen (secondary N) is 1. The van der Waals surface area contributed by atoms with Crippen molar-refractivity contribution in [3.8, 4) is 11.5 Å². The molecule has 0 aliphatic carbocycles. The van der Waals surface area contributed by atoms with E-state index in [9.17, 15) is 9.59 Å². The second-order valence-electron chi connectivity index (χ2n) is 8.53. The lowest BCUT2D eigenvalue weighted by atomic mass is 10.0. The second-order valence-corrected chi connectivity index (χ2v) is 8.53. The molecule has 35 heavy (non-hydrogen) atoms. The number of methoxy groups -OCH3 is 1. The van der Waals surface area contributed by atoms with Crippen LogP contribution in [0.4, 0.5) is 0 Å². The first kappa shape index (κ1) is 25.8. The smallest absolute Gasteiger partial charge is 0.261 e. The predicted octanol–water partition coefficient (Wildman–Crippen LogP) is 4.47. The Morgan fingerprint density at radius 1 is 0.943 bits per heavy atom. The summed E-state index contributed by atoms with van der Waals surface area (Å²) in [5.74, 6) is 0.890. The third kappa shape index (κ3) is 7.34. The van der Waals surface area contributed by atoms with Crippen molar-refractivity contribution in [2.45, 2.75) is 39.8 Å². The molecule has 0 aromatic heterocycles. The minimum absolute atomic E-state index is 0.168. The van der Waals surface area contributed by atoms with Gasteiger partial charge in [-0.2, -0.15) is 0 Å². The van der Waals surface area contributed by atoms with Crippen molar-refractivity contribution in [2.24, 2.45) is 0 Å². The summed E-state index contributed by atoms with van der Waals surface area (Å²) in [4.78, 5) is 28.4. The Hall–Kier alpha value is -3.80. The highest BCUT2D eigenvalue weighted by molar-refractivity contribution is 5.88. The van der Waals surface area contributed by atoms with Crippen LogP contribution >= 0.6 is 0 Å². The first-order valence-electron chi connectivity index (χ1n) is 11.8. The van der Waals surface area contributed by atoms with Gasteiger partial charge in [-0.1, -0.05) is 60.2 Å². The molecule has 0 bridgehead atoms. The van der Waals surface area contributed by atoms with Gasteiger partial charge in [-0.05, 0) is 55.7 Å². The number of benzene rings is 3. The fourth-order valence-electron chi connectivity index (χ4n) is 4.00. The number of rotatable bonds is 11. The molecule has 1 atom stereocenters. The van der Waals surface area contributed by atoms with Gasteiger partial charge >= 0.3 is 0 Å². The summed E-state index contributed by atoms with van der Waals surface area (Å²) in [6.07, 6.45) is 0.395. The number of carbonyl (C=O) groups is 2. The highest BCUT2D eigenvalue weighted by atomic mass is 16.5. The largest absolute Gasteiger partial charge is 0.497 e. The van der Waals surface area contributed by atoms with E-state index in [0.29, 0.717) is 24.5 Å². The molecule has 1 N–H and O–H groups in total. The summed E-state index contributed by atoms with van der Waals surface area (Å²) in [6.45, 7) is 6.39. The van der Waals surface area contributed by atoms with Gasteiger partial charge in [0.25, 0.3) is 5.91 Å². The minimum Gasteiger partial charge on any atom is -0.497 e. The van der Waals surface area contributed by atoms with E-state index < -0.39 is 6.04 Å². The van der Waals surface area contributed by atoms with Crippen LogP contribution in [0.1, 0.15) is 29.2 Å². The van der Waals surface area contributed by atoms with Crippen molar-refractivity contribution in [3.05, 3.63) is 95.1 Å². The highest BCUT2D eigenvalue weighted by Crippen LogP contribution is 2.21. The standard InChI is InChI=1S/C29H34N2O4/c1-5-30-29(33)26(18-23-10-7-6-8-11-23)31(19-24-12-9-13-25(17-24)34-4)28(32)20-35-27-15-14-21(2)16-22(27)3/h6-17,26H,5,18-20H2,1-4H3,(H,30,33). The number of hydrogen-bond acceptors (Lipinski definition) is 4. The van der Waals surface area contributed by atoms with Crippen LogP contribution in [0.2, 0.25) is 0 Å². The number of hydrogen-bond donors (Lipinski definition) is 1. The molecular formula is C29H34N2O4. The van der Waals surface area contributed by atoms with Crippen LogP contribution in [-0.2, 0) is 22.6 Å². The van der Waals surface area contributed by atoms with E-state index in [1.165, 1.54) is 0 Å². The van der Waals surface area contributed by atoms with Crippen LogP contribution in [0.15, 0.2) is 72.8 Å². The minimum atomic E-state index is -0.696. The van der Waals surface area contributed by atoms with Crippen LogP contribution in [0.3, 0.4) is 0 Å². The van der Waals surface area contributed by atoms with Gasteiger partial charge in [0, 0.05) is 19.5 Å².